The van der Waals surface area contributed by atoms with Gasteiger partial charge in [-0.2, -0.15) is 5.26 Å². The molecule has 0 aromatic rings. The summed E-state index contributed by atoms with van der Waals surface area (Å²) in [5.74, 6) is 0.363. The number of hydrogen-bond donors (Lipinski definition) is 0. The predicted molar refractivity (Wildman–Crippen MR) is 70.7 cm³/mol. The highest BCUT2D eigenvalue weighted by Crippen LogP contribution is 2.43. The summed E-state index contributed by atoms with van der Waals surface area (Å²) >= 11 is 0. The molecule has 2 rings (SSSR count). The number of piperidine rings is 1. The van der Waals surface area contributed by atoms with Crippen LogP contribution in [0.25, 0.3) is 0 Å². The summed E-state index contributed by atoms with van der Waals surface area (Å²) in [7, 11) is 0. The van der Waals surface area contributed by atoms with Crippen LogP contribution < -0.4 is 0 Å². The standard InChI is InChI=1S/C15H24N2O/c1-3-15(6-4-5-7-15)13(18)17-10-8-14(2,12-16)9-11-17/h3-11H2,1-2H3. The maximum Gasteiger partial charge on any atom is 0.228 e. The number of likely N-dealkylation sites (tertiary alicyclic amines) is 1. The Labute approximate surface area is 110 Å². The van der Waals surface area contributed by atoms with E-state index in [1.54, 1.807) is 0 Å². The van der Waals surface area contributed by atoms with Gasteiger partial charge in [-0.15, -0.1) is 0 Å². The first-order valence-electron chi connectivity index (χ1n) is 7.26. The Bertz CT molecular complexity index is 355. The molecule has 0 aromatic heterocycles. The van der Waals surface area contributed by atoms with E-state index in [-0.39, 0.29) is 10.8 Å². The zero-order valence-corrected chi connectivity index (χ0v) is 11.7. The van der Waals surface area contributed by atoms with Crippen LogP contribution in [0.5, 0.6) is 0 Å². The van der Waals surface area contributed by atoms with Gasteiger partial charge in [0.1, 0.15) is 0 Å². The Morgan fingerprint density at radius 3 is 2.22 bits per heavy atom. The summed E-state index contributed by atoms with van der Waals surface area (Å²) in [4.78, 5) is 14.7. The van der Waals surface area contributed by atoms with E-state index in [4.69, 9.17) is 5.26 Å². The van der Waals surface area contributed by atoms with Crippen molar-refractivity contribution in [3.8, 4) is 6.07 Å². The largest absolute Gasteiger partial charge is 0.342 e. The van der Waals surface area contributed by atoms with Gasteiger partial charge in [0, 0.05) is 18.5 Å². The lowest BCUT2D eigenvalue weighted by Crippen LogP contribution is -2.47. The molecule has 0 aromatic carbocycles. The monoisotopic (exact) mass is 248 g/mol. The first-order valence-corrected chi connectivity index (χ1v) is 7.26. The molecule has 100 valence electrons. The Morgan fingerprint density at radius 1 is 1.22 bits per heavy atom. The van der Waals surface area contributed by atoms with Gasteiger partial charge in [0.2, 0.25) is 5.91 Å². The summed E-state index contributed by atoms with van der Waals surface area (Å²) in [5.41, 5.74) is -0.285. The van der Waals surface area contributed by atoms with E-state index in [0.717, 1.165) is 45.2 Å². The molecule has 0 spiro atoms. The topological polar surface area (TPSA) is 44.1 Å². The maximum atomic E-state index is 12.7. The fourth-order valence-corrected chi connectivity index (χ4v) is 3.42. The first kappa shape index (κ1) is 13.4. The fraction of sp³-hybridized carbons (Fsp3) is 0.867. The number of carbonyl (C=O) groups is 1. The van der Waals surface area contributed by atoms with E-state index in [9.17, 15) is 4.79 Å². The molecule has 1 aliphatic carbocycles. The van der Waals surface area contributed by atoms with Crippen LogP contribution in [0, 0.1) is 22.2 Å². The van der Waals surface area contributed by atoms with Gasteiger partial charge in [-0.25, -0.2) is 0 Å². The van der Waals surface area contributed by atoms with E-state index >= 15 is 0 Å². The molecule has 0 bridgehead atoms. The van der Waals surface area contributed by atoms with Crippen molar-refractivity contribution in [2.24, 2.45) is 10.8 Å². The fourth-order valence-electron chi connectivity index (χ4n) is 3.42. The Morgan fingerprint density at radius 2 is 1.78 bits per heavy atom. The highest BCUT2D eigenvalue weighted by molar-refractivity contribution is 5.83. The molecular formula is C15H24N2O. The van der Waals surface area contributed by atoms with E-state index < -0.39 is 0 Å². The summed E-state index contributed by atoms with van der Waals surface area (Å²) in [6, 6.07) is 2.39. The highest BCUT2D eigenvalue weighted by Gasteiger charge is 2.43. The van der Waals surface area contributed by atoms with Crippen molar-refractivity contribution in [2.75, 3.05) is 13.1 Å². The van der Waals surface area contributed by atoms with Crippen LogP contribution in [0.4, 0.5) is 0 Å². The molecule has 18 heavy (non-hydrogen) atoms. The minimum atomic E-state index is -0.216. The number of amides is 1. The number of carbonyl (C=O) groups excluding carboxylic acids is 1. The minimum Gasteiger partial charge on any atom is -0.342 e. The number of rotatable bonds is 2. The van der Waals surface area contributed by atoms with E-state index in [1.807, 2.05) is 11.8 Å². The van der Waals surface area contributed by atoms with Crippen molar-refractivity contribution >= 4 is 5.91 Å². The van der Waals surface area contributed by atoms with Gasteiger partial charge in [-0.05, 0) is 39.0 Å². The SMILES string of the molecule is CCC1(C(=O)N2CCC(C)(C#N)CC2)CCCC1. The van der Waals surface area contributed by atoms with Crippen molar-refractivity contribution < 1.29 is 4.79 Å². The molecule has 0 radical (unpaired) electrons. The molecule has 3 heteroatoms. The summed E-state index contributed by atoms with van der Waals surface area (Å²) < 4.78 is 0. The van der Waals surface area contributed by atoms with Crippen LogP contribution in [0.2, 0.25) is 0 Å². The first-order chi connectivity index (χ1) is 8.55. The molecule has 1 saturated heterocycles. The lowest BCUT2D eigenvalue weighted by Gasteiger charge is -2.39. The van der Waals surface area contributed by atoms with Crippen molar-refractivity contribution in [3.63, 3.8) is 0 Å². The minimum absolute atomic E-state index is 0.0691. The second-order valence-corrected chi connectivity index (χ2v) is 6.31. The average Bonchev–Trinajstić information content (AvgIpc) is 2.89. The molecule has 1 heterocycles. The van der Waals surface area contributed by atoms with Gasteiger partial charge in [-0.3, -0.25) is 4.79 Å². The molecule has 0 atom stereocenters. The van der Waals surface area contributed by atoms with E-state index in [2.05, 4.69) is 13.0 Å². The van der Waals surface area contributed by atoms with Crippen LogP contribution in [0.3, 0.4) is 0 Å². The van der Waals surface area contributed by atoms with Crippen molar-refractivity contribution in [1.29, 1.82) is 5.26 Å². The molecule has 0 unspecified atom stereocenters. The summed E-state index contributed by atoms with van der Waals surface area (Å²) in [5, 5.41) is 9.13. The van der Waals surface area contributed by atoms with Gasteiger partial charge < -0.3 is 4.90 Å². The third kappa shape index (κ3) is 2.25. The number of nitrogens with zero attached hydrogens (tertiary/aromatic N) is 2. The molecule has 3 nitrogen and oxygen atoms in total. The number of hydrogen-bond acceptors (Lipinski definition) is 2. The zero-order chi connectivity index (χ0) is 13.2. The Kier molecular flexibility index (Phi) is 3.66. The van der Waals surface area contributed by atoms with E-state index in [0.29, 0.717) is 5.91 Å². The quantitative estimate of drug-likeness (QED) is 0.753. The van der Waals surface area contributed by atoms with Gasteiger partial charge in [-0.1, -0.05) is 19.8 Å². The van der Waals surface area contributed by atoms with E-state index in [1.165, 1.54) is 12.8 Å². The molecule has 1 saturated carbocycles. The summed E-state index contributed by atoms with van der Waals surface area (Å²) in [6.45, 7) is 5.70. The maximum absolute atomic E-state index is 12.7. The Balaban J connectivity index is 2.01. The van der Waals surface area contributed by atoms with Crippen LogP contribution in [0.15, 0.2) is 0 Å². The molecule has 0 N–H and O–H groups in total. The molecule has 2 fully saturated rings. The smallest absolute Gasteiger partial charge is 0.228 e. The van der Waals surface area contributed by atoms with Crippen molar-refractivity contribution in [3.05, 3.63) is 0 Å². The summed E-state index contributed by atoms with van der Waals surface area (Å²) in [6.07, 6.45) is 7.15. The van der Waals surface area contributed by atoms with Crippen molar-refractivity contribution in [1.82, 2.24) is 4.90 Å². The lowest BCUT2D eigenvalue weighted by molar-refractivity contribution is -0.144. The van der Waals surface area contributed by atoms with Crippen LogP contribution in [-0.4, -0.2) is 23.9 Å². The van der Waals surface area contributed by atoms with Gasteiger partial charge in [0.05, 0.1) is 11.5 Å². The molecule has 1 aliphatic heterocycles. The van der Waals surface area contributed by atoms with Gasteiger partial charge >= 0.3 is 0 Å². The van der Waals surface area contributed by atoms with Crippen molar-refractivity contribution in [2.45, 2.75) is 58.8 Å². The predicted octanol–water partition coefficient (Wildman–Crippen LogP) is 3.11. The normalized spacial score (nSPS) is 25.7. The van der Waals surface area contributed by atoms with Crippen LogP contribution >= 0.6 is 0 Å². The lowest BCUT2D eigenvalue weighted by atomic mass is 9.78. The number of nitriles is 1. The van der Waals surface area contributed by atoms with Gasteiger partial charge in [0.15, 0.2) is 0 Å². The second-order valence-electron chi connectivity index (χ2n) is 6.31. The average molecular weight is 248 g/mol. The second kappa shape index (κ2) is 4.91. The third-order valence-electron chi connectivity index (χ3n) is 5.12. The van der Waals surface area contributed by atoms with Crippen LogP contribution in [-0.2, 0) is 4.79 Å². The van der Waals surface area contributed by atoms with Gasteiger partial charge in [0.25, 0.3) is 0 Å². The molecular weight excluding hydrogens is 224 g/mol. The highest BCUT2D eigenvalue weighted by atomic mass is 16.2. The third-order valence-corrected chi connectivity index (χ3v) is 5.12. The Hall–Kier alpha value is -1.04. The van der Waals surface area contributed by atoms with Crippen LogP contribution in [0.1, 0.15) is 58.8 Å². The molecule has 2 aliphatic rings. The zero-order valence-electron chi connectivity index (χ0n) is 11.7. The molecule has 1 amide bonds.